The number of hydrogen-bond donors (Lipinski definition) is 0. The zero-order valence-electron chi connectivity index (χ0n) is 9.43. The Bertz CT molecular complexity index is 235. The van der Waals surface area contributed by atoms with Crippen LogP contribution in [-0.2, 0) is 9.53 Å². The summed E-state index contributed by atoms with van der Waals surface area (Å²) >= 11 is 0. The molecule has 0 N–H and O–H groups in total. The van der Waals surface area contributed by atoms with Gasteiger partial charge in [0.2, 0.25) is 0 Å². The highest BCUT2D eigenvalue weighted by atomic mass is 16.5. The molecule has 1 rings (SSSR count). The van der Waals surface area contributed by atoms with Gasteiger partial charge in [0.15, 0.2) is 0 Å². The molecule has 1 fully saturated rings. The summed E-state index contributed by atoms with van der Waals surface area (Å²) in [6.07, 6.45) is 4.57. The number of rotatable bonds is 3. The quantitative estimate of drug-likeness (QED) is 0.512. The first-order valence-electron chi connectivity index (χ1n) is 5.32. The molecule has 0 aromatic carbocycles. The molecule has 0 spiro atoms. The van der Waals surface area contributed by atoms with E-state index in [0.717, 1.165) is 12.8 Å². The molecule has 0 heterocycles. The number of esters is 1. The summed E-state index contributed by atoms with van der Waals surface area (Å²) in [6, 6.07) is 0. The molecule has 0 aromatic rings. The van der Waals surface area contributed by atoms with Gasteiger partial charge < -0.3 is 4.74 Å². The van der Waals surface area contributed by atoms with Gasteiger partial charge in [0.25, 0.3) is 0 Å². The van der Waals surface area contributed by atoms with Crippen molar-refractivity contribution < 1.29 is 9.53 Å². The average molecular weight is 196 g/mol. The molecule has 1 saturated carbocycles. The van der Waals surface area contributed by atoms with E-state index in [1.54, 1.807) is 0 Å². The predicted molar refractivity (Wildman–Crippen MR) is 56.9 cm³/mol. The SMILES string of the molecule is C=C(C(=O)OC)C1(C(C)C)CCCC1. The lowest BCUT2D eigenvalue weighted by atomic mass is 9.70. The first-order valence-corrected chi connectivity index (χ1v) is 5.32. The molecule has 1 aliphatic rings. The summed E-state index contributed by atoms with van der Waals surface area (Å²) in [4.78, 5) is 11.5. The molecular weight excluding hydrogens is 176 g/mol. The van der Waals surface area contributed by atoms with E-state index in [4.69, 9.17) is 4.74 Å². The van der Waals surface area contributed by atoms with Crippen LogP contribution in [0.15, 0.2) is 12.2 Å². The Hall–Kier alpha value is -0.790. The van der Waals surface area contributed by atoms with E-state index < -0.39 is 0 Å². The smallest absolute Gasteiger partial charge is 0.333 e. The molecule has 0 aromatic heterocycles. The maximum Gasteiger partial charge on any atom is 0.333 e. The predicted octanol–water partition coefficient (Wildman–Crippen LogP) is 2.93. The summed E-state index contributed by atoms with van der Waals surface area (Å²) < 4.78 is 4.76. The van der Waals surface area contributed by atoms with Crippen molar-refractivity contribution in [3.05, 3.63) is 12.2 Å². The van der Waals surface area contributed by atoms with Crippen molar-refractivity contribution in [1.82, 2.24) is 0 Å². The molecule has 1 aliphatic carbocycles. The molecule has 0 radical (unpaired) electrons. The molecule has 14 heavy (non-hydrogen) atoms. The summed E-state index contributed by atoms with van der Waals surface area (Å²) in [5, 5.41) is 0. The number of ether oxygens (including phenoxy) is 1. The van der Waals surface area contributed by atoms with Gasteiger partial charge in [0.05, 0.1) is 7.11 Å². The van der Waals surface area contributed by atoms with E-state index in [-0.39, 0.29) is 11.4 Å². The molecule has 0 saturated heterocycles. The van der Waals surface area contributed by atoms with Gasteiger partial charge in [0, 0.05) is 11.0 Å². The monoisotopic (exact) mass is 196 g/mol. The normalized spacial score (nSPS) is 19.7. The van der Waals surface area contributed by atoms with E-state index in [0.29, 0.717) is 11.5 Å². The third-order valence-corrected chi connectivity index (χ3v) is 3.63. The summed E-state index contributed by atoms with van der Waals surface area (Å²) in [5.41, 5.74) is 0.681. The zero-order valence-corrected chi connectivity index (χ0v) is 9.43. The zero-order chi connectivity index (χ0) is 10.8. The van der Waals surface area contributed by atoms with Crippen LogP contribution < -0.4 is 0 Å². The first kappa shape index (κ1) is 11.3. The number of methoxy groups -OCH3 is 1. The minimum atomic E-state index is -0.236. The minimum Gasteiger partial charge on any atom is -0.466 e. The van der Waals surface area contributed by atoms with Gasteiger partial charge in [-0.05, 0) is 18.8 Å². The van der Waals surface area contributed by atoms with Gasteiger partial charge >= 0.3 is 5.97 Å². The van der Waals surface area contributed by atoms with E-state index in [1.165, 1.54) is 20.0 Å². The Morgan fingerprint density at radius 3 is 2.21 bits per heavy atom. The van der Waals surface area contributed by atoms with Crippen molar-refractivity contribution in [2.75, 3.05) is 7.11 Å². The standard InChI is InChI=1S/C12H20O2/c1-9(2)12(7-5-6-8-12)10(3)11(13)14-4/h9H,3,5-8H2,1-2,4H3. The minimum absolute atomic E-state index is 0.00704. The van der Waals surface area contributed by atoms with Crippen molar-refractivity contribution in [2.45, 2.75) is 39.5 Å². The molecule has 2 heteroatoms. The lowest BCUT2D eigenvalue weighted by molar-refractivity contribution is -0.137. The van der Waals surface area contributed by atoms with Crippen molar-refractivity contribution in [3.8, 4) is 0 Å². The van der Waals surface area contributed by atoms with E-state index in [1.807, 2.05) is 0 Å². The van der Waals surface area contributed by atoms with Crippen LogP contribution in [0.1, 0.15) is 39.5 Å². The lowest BCUT2D eigenvalue weighted by Crippen LogP contribution is -2.30. The van der Waals surface area contributed by atoms with Crippen LogP contribution in [-0.4, -0.2) is 13.1 Å². The largest absolute Gasteiger partial charge is 0.466 e. The molecular formula is C12H20O2. The average Bonchev–Trinajstić information content (AvgIpc) is 2.65. The summed E-state index contributed by atoms with van der Waals surface area (Å²) in [6.45, 7) is 8.26. The highest BCUT2D eigenvalue weighted by molar-refractivity contribution is 5.89. The van der Waals surface area contributed by atoms with Crippen LogP contribution in [0.2, 0.25) is 0 Å². The third kappa shape index (κ3) is 1.70. The van der Waals surface area contributed by atoms with E-state index in [2.05, 4.69) is 20.4 Å². The van der Waals surface area contributed by atoms with Crippen molar-refractivity contribution in [3.63, 3.8) is 0 Å². The summed E-state index contributed by atoms with van der Waals surface area (Å²) in [5.74, 6) is 0.234. The fraction of sp³-hybridized carbons (Fsp3) is 0.750. The Morgan fingerprint density at radius 1 is 1.36 bits per heavy atom. The summed E-state index contributed by atoms with van der Waals surface area (Å²) in [7, 11) is 1.43. The van der Waals surface area contributed by atoms with E-state index in [9.17, 15) is 4.79 Å². The fourth-order valence-corrected chi connectivity index (χ4v) is 2.56. The van der Waals surface area contributed by atoms with E-state index >= 15 is 0 Å². The molecule has 0 amide bonds. The second kappa shape index (κ2) is 4.16. The second-order valence-electron chi connectivity index (χ2n) is 4.49. The third-order valence-electron chi connectivity index (χ3n) is 3.63. The number of carbonyl (C=O) groups is 1. The van der Waals surface area contributed by atoms with Crippen LogP contribution >= 0.6 is 0 Å². The fourth-order valence-electron chi connectivity index (χ4n) is 2.56. The van der Waals surface area contributed by atoms with Gasteiger partial charge in [0.1, 0.15) is 0 Å². The molecule has 80 valence electrons. The van der Waals surface area contributed by atoms with Gasteiger partial charge in [-0.3, -0.25) is 0 Å². The Balaban J connectivity index is 2.88. The maximum absolute atomic E-state index is 11.5. The molecule has 0 unspecified atom stereocenters. The van der Waals surface area contributed by atoms with Crippen molar-refractivity contribution in [2.24, 2.45) is 11.3 Å². The molecule has 0 atom stereocenters. The first-order chi connectivity index (χ1) is 6.54. The van der Waals surface area contributed by atoms with Gasteiger partial charge in [-0.15, -0.1) is 0 Å². The Kier molecular flexibility index (Phi) is 3.35. The second-order valence-corrected chi connectivity index (χ2v) is 4.49. The Labute approximate surface area is 86.3 Å². The molecule has 2 nitrogen and oxygen atoms in total. The van der Waals surface area contributed by atoms with Crippen LogP contribution in [0.5, 0.6) is 0 Å². The number of hydrogen-bond acceptors (Lipinski definition) is 2. The maximum atomic E-state index is 11.5. The number of carbonyl (C=O) groups excluding carboxylic acids is 1. The Morgan fingerprint density at radius 2 is 1.86 bits per heavy atom. The van der Waals surface area contributed by atoms with Crippen molar-refractivity contribution in [1.29, 1.82) is 0 Å². The van der Waals surface area contributed by atoms with Gasteiger partial charge in [-0.2, -0.15) is 0 Å². The molecule has 0 bridgehead atoms. The van der Waals surface area contributed by atoms with Crippen LogP contribution in [0, 0.1) is 11.3 Å². The van der Waals surface area contributed by atoms with Crippen LogP contribution in [0.4, 0.5) is 0 Å². The lowest BCUT2D eigenvalue weighted by Gasteiger charge is -2.34. The highest BCUT2D eigenvalue weighted by Gasteiger charge is 2.42. The van der Waals surface area contributed by atoms with Crippen LogP contribution in [0.3, 0.4) is 0 Å². The highest BCUT2D eigenvalue weighted by Crippen LogP contribution is 2.49. The van der Waals surface area contributed by atoms with Crippen molar-refractivity contribution >= 4 is 5.97 Å². The topological polar surface area (TPSA) is 26.3 Å². The van der Waals surface area contributed by atoms with Crippen LogP contribution in [0.25, 0.3) is 0 Å². The molecule has 0 aliphatic heterocycles. The van der Waals surface area contributed by atoms with Gasteiger partial charge in [-0.25, -0.2) is 4.79 Å². The van der Waals surface area contributed by atoms with Gasteiger partial charge in [-0.1, -0.05) is 33.3 Å².